The molecule has 5 heterocycles. The Morgan fingerprint density at radius 1 is 0.974 bits per heavy atom. The maximum absolute atomic E-state index is 13.0. The Kier molecular flexibility index (Phi) is 8.16. The number of nitrogens with zero attached hydrogens (tertiary/aromatic N) is 6. The fourth-order valence-corrected chi connectivity index (χ4v) is 7.64. The van der Waals surface area contributed by atoms with E-state index < -0.39 is 11.2 Å². The Morgan fingerprint density at radius 2 is 1.67 bits per heavy atom. The van der Waals surface area contributed by atoms with Crippen LogP contribution in [0.2, 0.25) is 0 Å². The molecule has 1 unspecified atom stereocenters. The number of morpholine rings is 2. The molecule has 0 radical (unpaired) electrons. The molecule has 3 aliphatic rings. The molecule has 3 aromatic rings. The van der Waals surface area contributed by atoms with Gasteiger partial charge < -0.3 is 25.5 Å². The van der Waals surface area contributed by atoms with Gasteiger partial charge in [0.25, 0.3) is 0 Å². The summed E-state index contributed by atoms with van der Waals surface area (Å²) in [6.45, 7) is 9.72. The average molecular weight is 571 g/mol. The van der Waals surface area contributed by atoms with Crippen LogP contribution in [0.15, 0.2) is 24.3 Å². The second-order valence-electron chi connectivity index (χ2n) is 9.83. The number of hydrogen-bond donors (Lipinski definition) is 2. The number of benzene rings is 1. The van der Waals surface area contributed by atoms with Crippen molar-refractivity contribution in [1.82, 2.24) is 23.5 Å². The average Bonchev–Trinajstić information content (AvgIpc) is 3.39. The van der Waals surface area contributed by atoms with Crippen molar-refractivity contribution in [3.8, 4) is 11.4 Å². The van der Waals surface area contributed by atoms with E-state index in [2.05, 4.69) is 20.2 Å². The summed E-state index contributed by atoms with van der Waals surface area (Å²) >= 11 is 0.649. The molecule has 208 valence electrons. The van der Waals surface area contributed by atoms with Crippen molar-refractivity contribution in [3.63, 3.8) is 0 Å². The van der Waals surface area contributed by atoms with Crippen LogP contribution < -0.4 is 10.6 Å². The van der Waals surface area contributed by atoms with E-state index in [1.807, 2.05) is 16.4 Å². The minimum Gasteiger partial charge on any atom is -0.398 e. The van der Waals surface area contributed by atoms with Gasteiger partial charge in [-0.15, -0.1) is 11.3 Å². The van der Waals surface area contributed by atoms with Gasteiger partial charge in [0.05, 0.1) is 36.6 Å². The summed E-state index contributed by atoms with van der Waals surface area (Å²) in [5, 5.41) is 7.91. The predicted molar refractivity (Wildman–Crippen MR) is 156 cm³/mol. The number of ether oxygens (including phenoxy) is 2. The lowest BCUT2D eigenvalue weighted by Gasteiger charge is -2.36. The van der Waals surface area contributed by atoms with Gasteiger partial charge in [-0.25, -0.2) is 22.8 Å². The summed E-state index contributed by atoms with van der Waals surface area (Å²) in [6.07, 6.45) is 1.28. The van der Waals surface area contributed by atoms with E-state index in [-0.39, 0.29) is 0 Å². The van der Waals surface area contributed by atoms with Crippen LogP contribution in [-0.4, -0.2) is 113 Å². The molecule has 6 rings (SSSR count). The fraction of sp³-hybridized carbons (Fsp3) is 0.500. The highest BCUT2D eigenvalue weighted by molar-refractivity contribution is 7.80. The number of nitrogens with two attached hydrogens (primary N) is 1. The van der Waals surface area contributed by atoms with Crippen LogP contribution in [0.5, 0.6) is 0 Å². The van der Waals surface area contributed by atoms with Crippen LogP contribution in [0.25, 0.3) is 21.6 Å². The minimum atomic E-state index is -1.09. The Bertz CT molecular complexity index is 1350. The minimum absolute atomic E-state index is 0.541. The van der Waals surface area contributed by atoms with Crippen LogP contribution >= 0.6 is 11.3 Å². The van der Waals surface area contributed by atoms with Crippen molar-refractivity contribution >= 4 is 50.4 Å². The molecule has 1 aromatic carbocycles. The molecule has 11 nitrogen and oxygen atoms in total. The monoisotopic (exact) mass is 570 g/mol. The number of nitrogens with one attached hydrogen (secondary N) is 1. The van der Waals surface area contributed by atoms with Crippen LogP contribution in [0.1, 0.15) is 10.4 Å². The van der Waals surface area contributed by atoms with Gasteiger partial charge in [-0.1, -0.05) is 12.1 Å². The maximum Gasteiger partial charge on any atom is 0.172 e. The molecule has 2 aromatic heterocycles. The number of nitrogen functional groups attached to an aromatic ring is 1. The van der Waals surface area contributed by atoms with Gasteiger partial charge >= 0.3 is 0 Å². The maximum atomic E-state index is 13.0. The van der Waals surface area contributed by atoms with Gasteiger partial charge in [-0.05, 0) is 12.1 Å². The van der Waals surface area contributed by atoms with Crippen LogP contribution in [0.3, 0.4) is 0 Å². The highest BCUT2D eigenvalue weighted by Crippen LogP contribution is 2.36. The number of hydrogen-bond acceptors (Lipinski definition) is 10. The van der Waals surface area contributed by atoms with Gasteiger partial charge in [0.2, 0.25) is 0 Å². The van der Waals surface area contributed by atoms with Gasteiger partial charge in [-0.3, -0.25) is 4.90 Å². The van der Waals surface area contributed by atoms with Crippen molar-refractivity contribution in [1.29, 1.82) is 5.41 Å². The van der Waals surface area contributed by atoms with Crippen molar-refractivity contribution in [2.45, 2.75) is 6.54 Å². The molecule has 0 bridgehead atoms. The third-order valence-electron chi connectivity index (χ3n) is 7.36. The van der Waals surface area contributed by atoms with E-state index in [1.54, 1.807) is 17.4 Å². The molecule has 0 amide bonds. The standard InChI is InChI=1S/C26H34N8O3S2/c27-17-21-20(2-1-3-22(21)28)25-29-23-16-19(38-24(23)26(30-25)32-8-12-36-13-9-32)18-31-4-6-33(7-5-31)39(35)34-10-14-37-15-11-34/h1-3,16-17,27H,4-15,18,28H2. The Labute approximate surface area is 234 Å². The lowest BCUT2D eigenvalue weighted by Crippen LogP contribution is -2.51. The molecule has 0 aliphatic carbocycles. The number of piperazine rings is 1. The molecule has 13 heteroatoms. The molecule has 3 fully saturated rings. The molecule has 0 spiro atoms. The van der Waals surface area contributed by atoms with Gasteiger partial charge in [0.15, 0.2) is 22.8 Å². The van der Waals surface area contributed by atoms with E-state index in [4.69, 9.17) is 30.6 Å². The summed E-state index contributed by atoms with van der Waals surface area (Å²) in [5.41, 5.74) is 9.02. The zero-order chi connectivity index (χ0) is 26.8. The molecular weight excluding hydrogens is 536 g/mol. The molecule has 39 heavy (non-hydrogen) atoms. The number of anilines is 2. The first kappa shape index (κ1) is 26.7. The molecule has 0 saturated carbocycles. The highest BCUT2D eigenvalue weighted by Gasteiger charge is 2.27. The fourth-order valence-electron chi connectivity index (χ4n) is 5.22. The van der Waals surface area contributed by atoms with Crippen molar-refractivity contribution in [2.24, 2.45) is 0 Å². The Morgan fingerprint density at radius 3 is 2.38 bits per heavy atom. The molecule has 3 saturated heterocycles. The first-order valence-corrected chi connectivity index (χ1v) is 15.2. The second kappa shape index (κ2) is 11.9. The summed E-state index contributed by atoms with van der Waals surface area (Å²) in [4.78, 5) is 15.9. The largest absolute Gasteiger partial charge is 0.398 e. The third-order valence-corrected chi connectivity index (χ3v) is 10.1. The molecular formula is C26H34N8O3S2. The zero-order valence-corrected chi connectivity index (χ0v) is 23.5. The zero-order valence-electron chi connectivity index (χ0n) is 21.9. The van der Waals surface area contributed by atoms with E-state index >= 15 is 0 Å². The summed E-state index contributed by atoms with van der Waals surface area (Å²) in [6, 6.07) is 7.77. The Balaban J connectivity index is 1.24. The highest BCUT2D eigenvalue weighted by atomic mass is 32.2. The number of rotatable bonds is 7. The van der Waals surface area contributed by atoms with E-state index in [0.29, 0.717) is 43.5 Å². The van der Waals surface area contributed by atoms with Crippen LogP contribution in [0.4, 0.5) is 11.5 Å². The van der Waals surface area contributed by atoms with Gasteiger partial charge in [0.1, 0.15) is 0 Å². The van der Waals surface area contributed by atoms with E-state index in [9.17, 15) is 4.21 Å². The van der Waals surface area contributed by atoms with Crippen LogP contribution in [0, 0.1) is 5.41 Å². The lowest BCUT2D eigenvalue weighted by molar-refractivity contribution is 0.0717. The summed E-state index contributed by atoms with van der Waals surface area (Å²) in [5.74, 6) is 1.50. The SMILES string of the molecule is N=Cc1c(N)cccc1-c1nc(N2CCOCC2)c2sc(CN3CCN(S(=O)N4CCOCC4)CC3)cc2n1. The first-order chi connectivity index (χ1) is 19.1. The van der Waals surface area contributed by atoms with Gasteiger partial charge in [0, 0.05) is 86.8 Å². The van der Waals surface area contributed by atoms with Crippen molar-refractivity contribution in [2.75, 3.05) is 89.4 Å². The van der Waals surface area contributed by atoms with E-state index in [0.717, 1.165) is 80.5 Å². The number of fused-ring (bicyclic) bond motifs is 1. The Hall–Kier alpha value is -2.52. The second-order valence-corrected chi connectivity index (χ2v) is 12.5. The number of thiophene rings is 1. The normalized spacial score (nSPS) is 20.9. The van der Waals surface area contributed by atoms with Crippen LogP contribution in [-0.2, 0) is 27.2 Å². The predicted octanol–water partition coefficient (Wildman–Crippen LogP) is 1.80. The van der Waals surface area contributed by atoms with Crippen molar-refractivity contribution in [3.05, 3.63) is 34.7 Å². The van der Waals surface area contributed by atoms with Crippen molar-refractivity contribution < 1.29 is 13.7 Å². The molecule has 3 N–H and O–H groups in total. The summed E-state index contributed by atoms with van der Waals surface area (Å²) < 4.78 is 29.1. The number of aromatic nitrogens is 2. The third kappa shape index (κ3) is 5.71. The summed E-state index contributed by atoms with van der Waals surface area (Å²) in [7, 11) is 0. The van der Waals surface area contributed by atoms with Gasteiger partial charge in [-0.2, -0.15) is 0 Å². The smallest absolute Gasteiger partial charge is 0.172 e. The van der Waals surface area contributed by atoms with E-state index in [1.165, 1.54) is 11.1 Å². The first-order valence-electron chi connectivity index (χ1n) is 13.3. The lowest BCUT2D eigenvalue weighted by atomic mass is 10.1. The quantitative estimate of drug-likeness (QED) is 0.326. The molecule has 3 aliphatic heterocycles. The topological polar surface area (TPSA) is 124 Å². The molecule has 1 atom stereocenters.